The Morgan fingerprint density at radius 3 is 2.22 bits per heavy atom. The van der Waals surface area contributed by atoms with Gasteiger partial charge in [0.2, 0.25) is 0 Å². The third-order valence-electron chi connectivity index (χ3n) is 4.83. The van der Waals surface area contributed by atoms with E-state index in [0.717, 1.165) is 22.4 Å². The molecule has 1 amide bonds. The normalized spacial score (nSPS) is 10.4. The second-order valence-corrected chi connectivity index (χ2v) is 7.35. The molecule has 0 aliphatic rings. The lowest BCUT2D eigenvalue weighted by atomic mass is 10.0. The summed E-state index contributed by atoms with van der Waals surface area (Å²) in [6, 6.07) is 18.3. The predicted molar refractivity (Wildman–Crippen MR) is 123 cm³/mol. The van der Waals surface area contributed by atoms with E-state index in [1.54, 1.807) is 49.1 Å². The number of hydrogen-bond donors (Lipinski definition) is 1. The Morgan fingerprint density at radius 2 is 1.56 bits per heavy atom. The number of rotatable bonds is 7. The summed E-state index contributed by atoms with van der Waals surface area (Å²) in [5.74, 6) is 1.98. The van der Waals surface area contributed by atoms with Crippen molar-refractivity contribution in [3.63, 3.8) is 0 Å². The van der Waals surface area contributed by atoms with Gasteiger partial charge in [0.15, 0.2) is 0 Å². The molecule has 0 fully saturated rings. The topological polar surface area (TPSA) is 73.3 Å². The molecule has 0 spiro atoms. The number of nitrogens with zero attached hydrogens (tertiary/aromatic N) is 2. The van der Waals surface area contributed by atoms with E-state index in [2.05, 4.69) is 15.3 Å². The molecule has 0 bridgehead atoms. The highest BCUT2D eigenvalue weighted by molar-refractivity contribution is 6.04. The lowest BCUT2D eigenvalue weighted by Crippen LogP contribution is -2.13. The summed E-state index contributed by atoms with van der Waals surface area (Å²) in [4.78, 5) is 20.9. The molecular weight excluding hydrogens is 402 g/mol. The monoisotopic (exact) mass is 425 g/mol. The number of carbonyl (C=O) groups is 1. The molecule has 0 aliphatic heterocycles. The minimum atomic E-state index is -0.183. The summed E-state index contributed by atoms with van der Waals surface area (Å²) in [6.45, 7) is 4.30. The zero-order valence-corrected chi connectivity index (χ0v) is 17.9. The van der Waals surface area contributed by atoms with Crippen LogP contribution in [-0.4, -0.2) is 15.9 Å². The van der Waals surface area contributed by atoms with Crippen LogP contribution in [0.3, 0.4) is 0 Å². The van der Waals surface area contributed by atoms with Gasteiger partial charge in [0.25, 0.3) is 5.91 Å². The quantitative estimate of drug-likeness (QED) is 0.410. The minimum Gasteiger partial charge on any atom is -0.488 e. The van der Waals surface area contributed by atoms with Gasteiger partial charge < -0.3 is 14.8 Å². The minimum absolute atomic E-state index is 0.183. The number of ether oxygens (including phenoxy) is 2. The average molecular weight is 425 g/mol. The van der Waals surface area contributed by atoms with Crippen molar-refractivity contribution >= 4 is 11.6 Å². The molecule has 6 nitrogen and oxygen atoms in total. The van der Waals surface area contributed by atoms with Crippen LogP contribution < -0.4 is 14.8 Å². The molecule has 2 aromatic heterocycles. The molecule has 1 N–H and O–H groups in total. The van der Waals surface area contributed by atoms with E-state index in [4.69, 9.17) is 9.47 Å². The molecular formula is C26H23N3O3. The lowest BCUT2D eigenvalue weighted by molar-refractivity contribution is 0.102. The van der Waals surface area contributed by atoms with E-state index in [9.17, 15) is 4.79 Å². The maximum absolute atomic E-state index is 12.8. The van der Waals surface area contributed by atoms with Gasteiger partial charge in [0.05, 0.1) is 0 Å². The Balaban J connectivity index is 1.40. The van der Waals surface area contributed by atoms with E-state index in [1.807, 2.05) is 50.2 Å². The largest absolute Gasteiger partial charge is 0.488 e. The second kappa shape index (κ2) is 9.75. The van der Waals surface area contributed by atoms with E-state index in [1.165, 1.54) is 0 Å². The molecule has 2 aromatic carbocycles. The molecule has 6 heteroatoms. The van der Waals surface area contributed by atoms with Crippen LogP contribution in [0.2, 0.25) is 0 Å². The number of nitrogens with one attached hydrogen (secondary N) is 1. The fourth-order valence-corrected chi connectivity index (χ4v) is 3.30. The van der Waals surface area contributed by atoms with Crippen LogP contribution >= 0.6 is 0 Å². The molecule has 0 saturated carbocycles. The first-order valence-corrected chi connectivity index (χ1v) is 10.2. The molecule has 160 valence electrons. The smallest absolute Gasteiger partial charge is 0.255 e. The molecule has 2 heterocycles. The van der Waals surface area contributed by atoms with Gasteiger partial charge in [-0.1, -0.05) is 6.07 Å². The fourth-order valence-electron chi connectivity index (χ4n) is 3.30. The molecule has 0 atom stereocenters. The number of carbonyl (C=O) groups excluding carboxylic acids is 1. The van der Waals surface area contributed by atoms with Crippen LogP contribution in [0.15, 0.2) is 85.5 Å². The summed E-state index contributed by atoms with van der Waals surface area (Å²) in [5.41, 5.74) is 4.06. The van der Waals surface area contributed by atoms with Gasteiger partial charge in [-0.25, -0.2) is 0 Å². The van der Waals surface area contributed by atoms with Gasteiger partial charge in [-0.2, -0.15) is 0 Å². The maximum Gasteiger partial charge on any atom is 0.255 e. The summed E-state index contributed by atoms with van der Waals surface area (Å²) >= 11 is 0. The summed E-state index contributed by atoms with van der Waals surface area (Å²) in [7, 11) is 0. The molecule has 32 heavy (non-hydrogen) atoms. The van der Waals surface area contributed by atoms with Crippen LogP contribution in [0.4, 0.5) is 5.69 Å². The Morgan fingerprint density at radius 1 is 0.875 bits per heavy atom. The van der Waals surface area contributed by atoms with Crippen molar-refractivity contribution in [2.75, 3.05) is 5.32 Å². The van der Waals surface area contributed by atoms with Crippen LogP contribution in [-0.2, 0) is 6.61 Å². The molecule has 4 aromatic rings. The highest BCUT2D eigenvalue weighted by atomic mass is 16.5. The molecule has 0 radical (unpaired) electrons. The first-order valence-electron chi connectivity index (χ1n) is 10.2. The summed E-state index contributed by atoms with van der Waals surface area (Å²) < 4.78 is 11.7. The number of aryl methyl sites for hydroxylation is 2. The fraction of sp³-hybridized carbons (Fsp3) is 0.115. The first-order chi connectivity index (χ1) is 15.6. The highest BCUT2D eigenvalue weighted by Crippen LogP contribution is 2.27. The second-order valence-electron chi connectivity index (χ2n) is 7.35. The van der Waals surface area contributed by atoms with Crippen molar-refractivity contribution in [3.8, 4) is 17.2 Å². The molecule has 0 aliphatic carbocycles. The summed E-state index contributed by atoms with van der Waals surface area (Å²) in [6.07, 6.45) is 6.85. The lowest BCUT2D eigenvalue weighted by Gasteiger charge is -2.14. The molecule has 4 rings (SSSR count). The van der Waals surface area contributed by atoms with Crippen molar-refractivity contribution in [2.24, 2.45) is 0 Å². The van der Waals surface area contributed by atoms with E-state index in [-0.39, 0.29) is 5.91 Å². The molecule has 0 saturated heterocycles. The van der Waals surface area contributed by atoms with Crippen LogP contribution in [0.25, 0.3) is 0 Å². The first kappa shape index (κ1) is 21.1. The van der Waals surface area contributed by atoms with Crippen molar-refractivity contribution in [3.05, 3.63) is 108 Å². The van der Waals surface area contributed by atoms with Crippen LogP contribution in [0.5, 0.6) is 17.2 Å². The Bertz CT molecular complexity index is 1170. The predicted octanol–water partition coefficient (Wildman–Crippen LogP) is 5.72. The van der Waals surface area contributed by atoms with Gasteiger partial charge in [0.1, 0.15) is 23.9 Å². The van der Waals surface area contributed by atoms with Gasteiger partial charge in [-0.05, 0) is 79.6 Å². The molecule has 0 unspecified atom stereocenters. The Hall–Kier alpha value is -4.19. The highest BCUT2D eigenvalue weighted by Gasteiger charge is 2.13. The van der Waals surface area contributed by atoms with E-state index < -0.39 is 0 Å². The summed E-state index contributed by atoms with van der Waals surface area (Å²) in [5, 5.41) is 2.93. The Labute approximate surface area is 186 Å². The number of pyridine rings is 2. The van der Waals surface area contributed by atoms with Gasteiger partial charge in [0, 0.05) is 41.6 Å². The maximum atomic E-state index is 12.8. The zero-order chi connectivity index (χ0) is 22.3. The van der Waals surface area contributed by atoms with Crippen LogP contribution in [0.1, 0.15) is 27.0 Å². The number of aromatic nitrogens is 2. The third-order valence-corrected chi connectivity index (χ3v) is 4.83. The third kappa shape index (κ3) is 5.29. The average Bonchev–Trinajstić information content (AvgIpc) is 2.81. The van der Waals surface area contributed by atoms with Gasteiger partial charge in [-0.15, -0.1) is 0 Å². The number of hydrogen-bond acceptors (Lipinski definition) is 5. The number of benzene rings is 2. The Kier molecular flexibility index (Phi) is 6.41. The van der Waals surface area contributed by atoms with Gasteiger partial charge >= 0.3 is 0 Å². The van der Waals surface area contributed by atoms with Crippen molar-refractivity contribution < 1.29 is 14.3 Å². The van der Waals surface area contributed by atoms with E-state index in [0.29, 0.717) is 29.4 Å². The SMILES string of the molecule is Cc1cc(C(=O)Nc2ccc(Oc3ccncc3)cc2)cc(C)c1OCc1cccnc1. The van der Waals surface area contributed by atoms with Crippen molar-refractivity contribution in [2.45, 2.75) is 20.5 Å². The number of anilines is 1. The zero-order valence-electron chi connectivity index (χ0n) is 17.9. The number of amides is 1. The van der Waals surface area contributed by atoms with Crippen LogP contribution in [0, 0.1) is 13.8 Å². The van der Waals surface area contributed by atoms with Crippen molar-refractivity contribution in [1.29, 1.82) is 0 Å². The standard InChI is InChI=1S/C26H23N3O3/c1-18-14-21(15-19(2)25(18)31-17-20-4-3-11-28-16-20)26(30)29-22-5-7-23(8-6-22)32-24-9-12-27-13-10-24/h3-16H,17H2,1-2H3,(H,29,30). The van der Waals surface area contributed by atoms with Crippen molar-refractivity contribution in [1.82, 2.24) is 9.97 Å². The van der Waals surface area contributed by atoms with Gasteiger partial charge in [-0.3, -0.25) is 14.8 Å². The van der Waals surface area contributed by atoms with E-state index >= 15 is 0 Å².